The molecule has 1 heterocycles. The molecule has 1 saturated carbocycles. The fraction of sp³-hybridized carbons (Fsp3) is 0.615. The highest BCUT2D eigenvalue weighted by Gasteiger charge is 2.34. The number of thiophene rings is 1. The van der Waals surface area contributed by atoms with Crippen LogP contribution in [0.15, 0.2) is 14.1 Å². The summed E-state index contributed by atoms with van der Waals surface area (Å²) in [7, 11) is -3.80. The first-order valence-electron chi connectivity index (χ1n) is 6.82. The van der Waals surface area contributed by atoms with Crippen molar-refractivity contribution in [2.24, 2.45) is 5.92 Å². The van der Waals surface area contributed by atoms with Crippen LogP contribution in [-0.2, 0) is 14.8 Å². The molecular formula is C13H18BrNO4S2. The minimum atomic E-state index is -3.80. The van der Waals surface area contributed by atoms with Crippen molar-refractivity contribution in [1.29, 1.82) is 0 Å². The van der Waals surface area contributed by atoms with Gasteiger partial charge in [-0.05, 0) is 53.2 Å². The SMILES string of the molecule is Cc1cc(S(=O)(=O)NC(C(=O)O)C2CCCCC2)sc1Br. The molecule has 0 amide bonds. The zero-order valence-corrected chi connectivity index (χ0v) is 14.9. The fourth-order valence-electron chi connectivity index (χ4n) is 2.61. The molecule has 1 aromatic heterocycles. The highest BCUT2D eigenvalue weighted by molar-refractivity contribution is 9.11. The monoisotopic (exact) mass is 395 g/mol. The summed E-state index contributed by atoms with van der Waals surface area (Å²) in [5.74, 6) is -1.23. The fourth-order valence-corrected chi connectivity index (χ4v) is 6.11. The van der Waals surface area contributed by atoms with Crippen molar-refractivity contribution in [3.63, 3.8) is 0 Å². The maximum Gasteiger partial charge on any atom is 0.322 e. The van der Waals surface area contributed by atoms with Crippen LogP contribution in [0.4, 0.5) is 0 Å². The lowest BCUT2D eigenvalue weighted by Gasteiger charge is -2.27. The number of nitrogens with one attached hydrogen (secondary N) is 1. The van der Waals surface area contributed by atoms with Gasteiger partial charge in [-0.3, -0.25) is 4.79 Å². The van der Waals surface area contributed by atoms with Crippen LogP contribution in [0.1, 0.15) is 37.7 Å². The maximum absolute atomic E-state index is 12.4. The van der Waals surface area contributed by atoms with E-state index in [2.05, 4.69) is 20.7 Å². The van der Waals surface area contributed by atoms with Crippen LogP contribution in [0.25, 0.3) is 0 Å². The summed E-state index contributed by atoms with van der Waals surface area (Å²) in [6, 6.07) is 0.508. The van der Waals surface area contributed by atoms with E-state index in [0.717, 1.165) is 52.8 Å². The molecule has 2 rings (SSSR count). The first-order chi connectivity index (χ1) is 9.81. The number of carboxylic acid groups (broad SMARTS) is 1. The predicted molar refractivity (Wildman–Crippen MR) is 85.1 cm³/mol. The highest BCUT2D eigenvalue weighted by Crippen LogP contribution is 2.32. The van der Waals surface area contributed by atoms with E-state index < -0.39 is 22.0 Å². The number of carbonyl (C=O) groups is 1. The van der Waals surface area contributed by atoms with E-state index in [0.29, 0.717) is 0 Å². The molecule has 21 heavy (non-hydrogen) atoms. The topological polar surface area (TPSA) is 83.5 Å². The molecule has 0 bridgehead atoms. The van der Waals surface area contributed by atoms with Crippen molar-refractivity contribution in [3.8, 4) is 0 Å². The molecule has 1 unspecified atom stereocenters. The van der Waals surface area contributed by atoms with Crippen LogP contribution >= 0.6 is 27.3 Å². The van der Waals surface area contributed by atoms with E-state index in [1.54, 1.807) is 13.0 Å². The van der Waals surface area contributed by atoms with Crippen molar-refractivity contribution < 1.29 is 18.3 Å². The molecule has 8 heteroatoms. The summed E-state index contributed by atoms with van der Waals surface area (Å²) >= 11 is 4.39. The summed E-state index contributed by atoms with van der Waals surface area (Å²) < 4.78 is 28.0. The number of sulfonamides is 1. The van der Waals surface area contributed by atoms with Gasteiger partial charge < -0.3 is 5.11 Å². The molecule has 118 valence electrons. The van der Waals surface area contributed by atoms with Crippen molar-refractivity contribution in [1.82, 2.24) is 4.72 Å². The molecule has 5 nitrogen and oxygen atoms in total. The quantitative estimate of drug-likeness (QED) is 0.801. The van der Waals surface area contributed by atoms with Gasteiger partial charge in [0.2, 0.25) is 0 Å². The number of hydrogen-bond donors (Lipinski definition) is 2. The lowest BCUT2D eigenvalue weighted by Crippen LogP contribution is -2.46. The molecular weight excluding hydrogens is 378 g/mol. The Morgan fingerprint density at radius 3 is 2.52 bits per heavy atom. The molecule has 1 aromatic rings. The van der Waals surface area contributed by atoms with Gasteiger partial charge in [0.05, 0.1) is 3.79 Å². The van der Waals surface area contributed by atoms with Crippen molar-refractivity contribution >= 4 is 43.3 Å². The molecule has 0 radical (unpaired) electrons. The van der Waals surface area contributed by atoms with E-state index in [1.807, 2.05) is 0 Å². The maximum atomic E-state index is 12.4. The lowest BCUT2D eigenvalue weighted by atomic mass is 9.84. The average molecular weight is 396 g/mol. The van der Waals surface area contributed by atoms with Crippen LogP contribution in [0.3, 0.4) is 0 Å². The minimum Gasteiger partial charge on any atom is -0.480 e. The molecule has 0 spiro atoms. The number of aryl methyl sites for hydroxylation is 1. The second-order valence-electron chi connectivity index (χ2n) is 5.36. The number of hydrogen-bond acceptors (Lipinski definition) is 4. The van der Waals surface area contributed by atoms with Crippen molar-refractivity contribution in [2.45, 2.75) is 49.3 Å². The third-order valence-electron chi connectivity index (χ3n) is 3.77. The van der Waals surface area contributed by atoms with E-state index >= 15 is 0 Å². The second kappa shape index (κ2) is 6.76. The van der Waals surface area contributed by atoms with Gasteiger partial charge in [-0.1, -0.05) is 19.3 Å². The van der Waals surface area contributed by atoms with Crippen LogP contribution < -0.4 is 4.72 Å². The Balaban J connectivity index is 2.20. The van der Waals surface area contributed by atoms with Crippen LogP contribution in [0.5, 0.6) is 0 Å². The molecule has 2 N–H and O–H groups in total. The summed E-state index contributed by atoms with van der Waals surface area (Å²) in [4.78, 5) is 11.4. The Labute approximate surface area is 136 Å². The van der Waals surface area contributed by atoms with E-state index in [1.165, 1.54) is 0 Å². The molecule has 1 atom stereocenters. The molecule has 0 aromatic carbocycles. The Hall–Kier alpha value is -0.440. The van der Waals surface area contributed by atoms with E-state index in [-0.39, 0.29) is 10.1 Å². The van der Waals surface area contributed by atoms with Gasteiger partial charge in [-0.15, -0.1) is 11.3 Å². The van der Waals surface area contributed by atoms with Gasteiger partial charge in [-0.2, -0.15) is 4.72 Å². The molecule has 0 saturated heterocycles. The van der Waals surface area contributed by atoms with Crippen molar-refractivity contribution in [3.05, 3.63) is 15.4 Å². The van der Waals surface area contributed by atoms with Gasteiger partial charge in [0.1, 0.15) is 10.3 Å². The Kier molecular flexibility index (Phi) is 5.45. The first-order valence-corrected chi connectivity index (χ1v) is 9.91. The third-order valence-corrected chi connectivity index (χ3v) is 7.82. The van der Waals surface area contributed by atoms with Crippen molar-refractivity contribution in [2.75, 3.05) is 0 Å². The number of aliphatic carboxylic acids is 1. The summed E-state index contributed by atoms with van der Waals surface area (Å²) in [6.45, 7) is 1.80. The highest BCUT2D eigenvalue weighted by atomic mass is 79.9. The summed E-state index contributed by atoms with van der Waals surface area (Å²) in [6.07, 6.45) is 4.52. The van der Waals surface area contributed by atoms with Gasteiger partial charge in [0, 0.05) is 0 Å². The van der Waals surface area contributed by atoms with Crippen LogP contribution in [0, 0.1) is 12.8 Å². The molecule has 0 aliphatic heterocycles. The third kappa shape index (κ3) is 4.06. The van der Waals surface area contributed by atoms with Gasteiger partial charge in [-0.25, -0.2) is 8.42 Å². The van der Waals surface area contributed by atoms with E-state index in [9.17, 15) is 18.3 Å². The summed E-state index contributed by atoms with van der Waals surface area (Å²) in [5, 5.41) is 9.36. The zero-order valence-electron chi connectivity index (χ0n) is 11.6. The standard InChI is InChI=1S/C13H18BrNO4S2/c1-8-7-10(20-12(8)14)21(18,19)15-11(13(16)17)9-5-3-2-4-6-9/h7,9,11,15H,2-6H2,1H3,(H,16,17). The number of carboxylic acids is 1. The second-order valence-corrected chi connectivity index (χ2v) is 9.67. The molecule has 1 aliphatic carbocycles. The number of halogens is 1. The minimum absolute atomic E-state index is 0.129. The Morgan fingerprint density at radius 2 is 2.05 bits per heavy atom. The predicted octanol–water partition coefficient (Wildman–Crippen LogP) is 3.13. The molecule has 1 fully saturated rings. The Morgan fingerprint density at radius 1 is 1.43 bits per heavy atom. The van der Waals surface area contributed by atoms with E-state index in [4.69, 9.17) is 0 Å². The normalized spacial score (nSPS) is 18.6. The Bertz CT molecular complexity index is 601. The van der Waals surface area contributed by atoms with Crippen LogP contribution in [-0.4, -0.2) is 25.5 Å². The average Bonchev–Trinajstić information content (AvgIpc) is 2.78. The van der Waals surface area contributed by atoms with Gasteiger partial charge in [0.15, 0.2) is 0 Å². The summed E-state index contributed by atoms with van der Waals surface area (Å²) in [5.41, 5.74) is 0.824. The van der Waals surface area contributed by atoms with Crippen LogP contribution in [0.2, 0.25) is 0 Å². The lowest BCUT2D eigenvalue weighted by molar-refractivity contribution is -0.140. The van der Waals surface area contributed by atoms with Gasteiger partial charge >= 0.3 is 5.97 Å². The largest absolute Gasteiger partial charge is 0.480 e. The first kappa shape index (κ1) is 16.9. The molecule has 1 aliphatic rings. The number of rotatable bonds is 5. The van der Waals surface area contributed by atoms with Gasteiger partial charge in [0.25, 0.3) is 10.0 Å². The smallest absolute Gasteiger partial charge is 0.322 e. The zero-order chi connectivity index (χ0) is 15.6.